The van der Waals surface area contributed by atoms with Gasteiger partial charge in [-0.25, -0.2) is 9.59 Å². The largest absolute Gasteiger partial charge is 0.462 e. The molecule has 0 amide bonds. The molecule has 1 aliphatic carbocycles. The molecule has 0 saturated heterocycles. The predicted molar refractivity (Wildman–Crippen MR) is 83.5 cm³/mol. The fourth-order valence-corrected chi connectivity index (χ4v) is 2.25. The highest BCUT2D eigenvalue weighted by atomic mass is 16.6. The summed E-state index contributed by atoms with van der Waals surface area (Å²) >= 11 is 0. The minimum Gasteiger partial charge on any atom is -0.462 e. The highest BCUT2D eigenvalue weighted by molar-refractivity contribution is 5.94. The summed E-state index contributed by atoms with van der Waals surface area (Å²) in [6, 6.07) is 0. The molecular weight excluding hydrogens is 300 g/mol. The molecule has 1 saturated carbocycles. The second kappa shape index (κ2) is 8.70. The van der Waals surface area contributed by atoms with Crippen molar-refractivity contribution in [3.8, 4) is 0 Å². The van der Waals surface area contributed by atoms with Crippen LogP contribution in [-0.4, -0.2) is 36.2 Å². The molecule has 0 heterocycles. The first-order chi connectivity index (χ1) is 10.7. The van der Waals surface area contributed by atoms with Crippen molar-refractivity contribution in [2.75, 3.05) is 6.61 Å². The van der Waals surface area contributed by atoms with E-state index in [1.807, 2.05) is 0 Å². The molecule has 1 aliphatic rings. The molecule has 0 spiro atoms. The van der Waals surface area contributed by atoms with Crippen LogP contribution in [0.1, 0.15) is 59.3 Å². The normalized spacial score (nSPS) is 15.6. The molecule has 130 valence electrons. The maximum atomic E-state index is 11.8. The third kappa shape index (κ3) is 8.38. The lowest BCUT2D eigenvalue weighted by molar-refractivity contribution is -0.165. The van der Waals surface area contributed by atoms with E-state index in [1.54, 1.807) is 20.8 Å². The second-order valence-electron chi connectivity index (χ2n) is 6.69. The minimum atomic E-state index is -0.795. The van der Waals surface area contributed by atoms with Crippen molar-refractivity contribution in [3.05, 3.63) is 12.2 Å². The Morgan fingerprint density at radius 3 is 2.22 bits per heavy atom. The van der Waals surface area contributed by atoms with Gasteiger partial charge in [0.25, 0.3) is 0 Å². The van der Waals surface area contributed by atoms with Crippen molar-refractivity contribution in [2.45, 2.75) is 71.0 Å². The van der Waals surface area contributed by atoms with Crippen LogP contribution in [0, 0.1) is 0 Å². The molecule has 23 heavy (non-hydrogen) atoms. The summed E-state index contributed by atoms with van der Waals surface area (Å²) in [6.45, 7) is 8.15. The molecule has 0 aromatic carbocycles. The van der Waals surface area contributed by atoms with Crippen LogP contribution in [0.3, 0.4) is 0 Å². The van der Waals surface area contributed by atoms with E-state index >= 15 is 0 Å². The summed E-state index contributed by atoms with van der Waals surface area (Å²) in [6.07, 6.45) is 4.69. The zero-order chi connectivity index (χ0) is 17.5. The third-order valence-corrected chi connectivity index (χ3v) is 3.24. The number of ether oxygens (including phenoxy) is 3. The monoisotopic (exact) mass is 326 g/mol. The van der Waals surface area contributed by atoms with Crippen molar-refractivity contribution in [2.24, 2.45) is 0 Å². The Labute approximate surface area is 137 Å². The van der Waals surface area contributed by atoms with Crippen molar-refractivity contribution < 1.29 is 28.6 Å². The van der Waals surface area contributed by atoms with Gasteiger partial charge in [0.2, 0.25) is 0 Å². The Bertz CT molecular complexity index is 454. The summed E-state index contributed by atoms with van der Waals surface area (Å²) in [7, 11) is 0. The number of carbonyl (C=O) groups is 3. The van der Waals surface area contributed by atoms with Gasteiger partial charge in [-0.2, -0.15) is 0 Å². The number of hydrogen-bond donors (Lipinski definition) is 0. The third-order valence-electron chi connectivity index (χ3n) is 3.24. The van der Waals surface area contributed by atoms with Crippen molar-refractivity contribution in [1.29, 1.82) is 0 Å². The lowest BCUT2D eigenvalue weighted by Crippen LogP contribution is -2.28. The van der Waals surface area contributed by atoms with Gasteiger partial charge in [-0.15, -0.1) is 0 Å². The fraction of sp³-hybridized carbons (Fsp3) is 0.706. The van der Waals surface area contributed by atoms with Crippen LogP contribution in [0.5, 0.6) is 0 Å². The average Bonchev–Trinajstić information content (AvgIpc) is 2.43. The molecule has 0 bridgehead atoms. The van der Waals surface area contributed by atoms with Crippen LogP contribution in [0.4, 0.5) is 0 Å². The summed E-state index contributed by atoms with van der Waals surface area (Å²) in [5.41, 5.74) is -0.682. The Balaban J connectivity index is 2.28. The molecule has 0 unspecified atom stereocenters. The first-order valence-corrected chi connectivity index (χ1v) is 7.93. The van der Waals surface area contributed by atoms with Crippen LogP contribution in [0.2, 0.25) is 0 Å². The first-order valence-electron chi connectivity index (χ1n) is 7.93. The van der Waals surface area contributed by atoms with Gasteiger partial charge in [-0.05, 0) is 46.5 Å². The maximum absolute atomic E-state index is 11.8. The van der Waals surface area contributed by atoms with E-state index in [2.05, 4.69) is 6.58 Å². The van der Waals surface area contributed by atoms with Crippen molar-refractivity contribution in [3.63, 3.8) is 0 Å². The smallest absolute Gasteiger partial charge is 0.344 e. The van der Waals surface area contributed by atoms with Gasteiger partial charge >= 0.3 is 17.9 Å². The van der Waals surface area contributed by atoms with E-state index in [0.29, 0.717) is 0 Å². The molecule has 1 rings (SSSR count). The number of hydrogen-bond acceptors (Lipinski definition) is 6. The zero-order valence-corrected chi connectivity index (χ0v) is 14.2. The summed E-state index contributed by atoms with van der Waals surface area (Å²) in [5, 5.41) is 0. The van der Waals surface area contributed by atoms with Crippen LogP contribution >= 0.6 is 0 Å². The Morgan fingerprint density at radius 1 is 1.04 bits per heavy atom. The van der Waals surface area contributed by atoms with Gasteiger partial charge < -0.3 is 14.2 Å². The topological polar surface area (TPSA) is 78.9 Å². The molecule has 0 atom stereocenters. The lowest BCUT2D eigenvalue weighted by Gasteiger charge is -2.22. The highest BCUT2D eigenvalue weighted by Crippen LogP contribution is 2.21. The summed E-state index contributed by atoms with van der Waals surface area (Å²) in [4.78, 5) is 34.9. The van der Waals surface area contributed by atoms with Crippen molar-refractivity contribution in [1.82, 2.24) is 0 Å². The fourth-order valence-electron chi connectivity index (χ4n) is 2.25. The standard InChI is InChI=1S/C17H26O6/c1-12(10-14(18)22-13-8-6-5-7-9-13)16(20)21-11-15(19)23-17(2,3)4/h13H,1,5-11H2,2-4H3. The Morgan fingerprint density at radius 2 is 1.65 bits per heavy atom. The number of rotatable bonds is 6. The predicted octanol–water partition coefficient (Wildman–Crippen LogP) is 2.69. The minimum absolute atomic E-state index is 0.0330. The quantitative estimate of drug-likeness (QED) is 0.424. The molecule has 6 nitrogen and oxygen atoms in total. The maximum Gasteiger partial charge on any atom is 0.344 e. The molecule has 0 aromatic heterocycles. The summed E-state index contributed by atoms with van der Waals surface area (Å²) in [5.74, 6) is -1.93. The Kier molecular flexibility index (Phi) is 7.26. The molecule has 0 N–H and O–H groups in total. The first kappa shape index (κ1) is 19.2. The molecule has 0 aliphatic heterocycles. The van der Waals surface area contributed by atoms with E-state index in [-0.39, 0.29) is 18.1 Å². The van der Waals surface area contributed by atoms with E-state index in [4.69, 9.17) is 14.2 Å². The van der Waals surface area contributed by atoms with Gasteiger partial charge in [0.15, 0.2) is 6.61 Å². The van der Waals surface area contributed by atoms with Crippen molar-refractivity contribution >= 4 is 17.9 Å². The lowest BCUT2D eigenvalue weighted by atomic mass is 9.98. The van der Waals surface area contributed by atoms with Gasteiger partial charge in [-0.1, -0.05) is 13.0 Å². The Hall–Kier alpha value is -1.85. The van der Waals surface area contributed by atoms with Gasteiger partial charge in [0, 0.05) is 5.57 Å². The van der Waals surface area contributed by atoms with E-state index in [0.717, 1.165) is 32.1 Å². The van der Waals surface area contributed by atoms with Crippen LogP contribution in [-0.2, 0) is 28.6 Å². The van der Waals surface area contributed by atoms with Crippen LogP contribution in [0.15, 0.2) is 12.2 Å². The van der Waals surface area contributed by atoms with Crippen LogP contribution in [0.25, 0.3) is 0 Å². The SMILES string of the molecule is C=C(CC(=O)OC1CCCCC1)C(=O)OCC(=O)OC(C)(C)C. The van der Waals surface area contributed by atoms with E-state index < -0.39 is 30.1 Å². The molecule has 1 fully saturated rings. The molecule has 0 radical (unpaired) electrons. The average molecular weight is 326 g/mol. The van der Waals surface area contributed by atoms with Crippen LogP contribution < -0.4 is 0 Å². The molecule has 0 aromatic rings. The molecule has 6 heteroatoms. The van der Waals surface area contributed by atoms with E-state index in [1.165, 1.54) is 0 Å². The highest BCUT2D eigenvalue weighted by Gasteiger charge is 2.22. The molecular formula is C17H26O6. The summed E-state index contributed by atoms with van der Waals surface area (Å²) < 4.78 is 15.1. The van der Waals surface area contributed by atoms with Gasteiger partial charge in [0.05, 0.1) is 6.42 Å². The van der Waals surface area contributed by atoms with Gasteiger partial charge in [0.1, 0.15) is 11.7 Å². The van der Waals surface area contributed by atoms with Gasteiger partial charge in [-0.3, -0.25) is 4.79 Å². The van der Waals surface area contributed by atoms with E-state index in [9.17, 15) is 14.4 Å². The zero-order valence-electron chi connectivity index (χ0n) is 14.2. The second-order valence-corrected chi connectivity index (χ2v) is 6.69. The number of carbonyl (C=O) groups excluding carboxylic acids is 3. The number of esters is 3.